The Labute approximate surface area is 127 Å². The van der Waals surface area contributed by atoms with E-state index in [-0.39, 0.29) is 11.6 Å². The highest BCUT2D eigenvalue weighted by Gasteiger charge is 2.12. The van der Waals surface area contributed by atoms with E-state index in [0.29, 0.717) is 11.4 Å². The average Bonchev–Trinajstić information content (AvgIpc) is 3.05. The molecule has 110 valence electrons. The Balaban J connectivity index is 1.98. The largest absolute Gasteiger partial charge is 0.480 e. The van der Waals surface area contributed by atoms with E-state index in [1.807, 2.05) is 0 Å². The number of halogens is 1. The molecule has 0 unspecified atom stereocenters. The van der Waals surface area contributed by atoms with Crippen LogP contribution in [0.5, 0.6) is 0 Å². The van der Waals surface area contributed by atoms with Gasteiger partial charge in [0.1, 0.15) is 17.9 Å². The average molecular weight is 355 g/mol. The van der Waals surface area contributed by atoms with Gasteiger partial charge in [0, 0.05) is 16.9 Å². The molecule has 2 aromatic heterocycles. The van der Waals surface area contributed by atoms with Crippen LogP contribution in [0.3, 0.4) is 0 Å². The number of carbonyl (C=O) groups excluding carboxylic acids is 2. The molecule has 0 saturated heterocycles. The summed E-state index contributed by atoms with van der Waals surface area (Å²) >= 11 is 3.22. The van der Waals surface area contributed by atoms with Crippen molar-refractivity contribution < 1.29 is 19.5 Å². The molecule has 0 saturated carbocycles. The molecule has 21 heavy (non-hydrogen) atoms. The molecule has 0 aliphatic carbocycles. The van der Waals surface area contributed by atoms with Gasteiger partial charge in [0.05, 0.1) is 5.69 Å². The Kier molecular flexibility index (Phi) is 4.43. The molecule has 9 heteroatoms. The fourth-order valence-electron chi connectivity index (χ4n) is 1.55. The van der Waals surface area contributed by atoms with Crippen LogP contribution in [0.1, 0.15) is 21.0 Å². The van der Waals surface area contributed by atoms with E-state index >= 15 is 0 Å². The van der Waals surface area contributed by atoms with Gasteiger partial charge >= 0.3 is 5.97 Å². The summed E-state index contributed by atoms with van der Waals surface area (Å²) in [4.78, 5) is 39.2. The summed E-state index contributed by atoms with van der Waals surface area (Å²) in [5.41, 5.74) is 0.908. The summed E-state index contributed by atoms with van der Waals surface area (Å²) in [7, 11) is 0. The molecule has 2 rings (SSSR count). The zero-order valence-corrected chi connectivity index (χ0v) is 12.2. The number of amides is 2. The second-order valence-corrected chi connectivity index (χ2v) is 4.98. The lowest BCUT2D eigenvalue weighted by molar-refractivity contribution is -0.135. The fraction of sp³-hybridized carbons (Fsp3) is 0.0833. The van der Waals surface area contributed by atoms with Crippen molar-refractivity contribution in [1.82, 2.24) is 15.3 Å². The van der Waals surface area contributed by atoms with E-state index in [1.165, 1.54) is 12.3 Å². The van der Waals surface area contributed by atoms with Crippen LogP contribution in [-0.2, 0) is 4.79 Å². The molecular weight excluding hydrogens is 344 g/mol. The number of hydrogen-bond acceptors (Lipinski definition) is 3. The summed E-state index contributed by atoms with van der Waals surface area (Å²) < 4.78 is 0.746. The molecule has 0 fully saturated rings. The van der Waals surface area contributed by atoms with Crippen LogP contribution in [0.4, 0.5) is 5.69 Å². The van der Waals surface area contributed by atoms with Crippen molar-refractivity contribution in [2.75, 3.05) is 11.9 Å². The third kappa shape index (κ3) is 3.96. The summed E-state index contributed by atoms with van der Waals surface area (Å²) in [5, 5.41) is 13.3. The van der Waals surface area contributed by atoms with Gasteiger partial charge in [0.2, 0.25) is 0 Å². The highest BCUT2D eigenvalue weighted by Crippen LogP contribution is 2.14. The monoisotopic (exact) mass is 354 g/mol. The van der Waals surface area contributed by atoms with Crippen LogP contribution < -0.4 is 10.6 Å². The normalized spacial score (nSPS) is 10.1. The Morgan fingerprint density at radius 3 is 2.38 bits per heavy atom. The Morgan fingerprint density at radius 2 is 1.76 bits per heavy atom. The zero-order chi connectivity index (χ0) is 15.4. The number of anilines is 1. The van der Waals surface area contributed by atoms with Crippen LogP contribution in [-0.4, -0.2) is 39.4 Å². The third-order valence-electron chi connectivity index (χ3n) is 2.48. The smallest absolute Gasteiger partial charge is 0.322 e. The lowest BCUT2D eigenvalue weighted by atomic mass is 10.3. The second kappa shape index (κ2) is 6.27. The summed E-state index contributed by atoms with van der Waals surface area (Å²) in [6.45, 7) is -0.476. The number of carboxylic acid groups (broad SMARTS) is 1. The van der Waals surface area contributed by atoms with Crippen LogP contribution in [0.25, 0.3) is 0 Å². The number of aromatic nitrogens is 2. The Hall–Kier alpha value is -2.55. The number of H-pyrrole nitrogens is 2. The van der Waals surface area contributed by atoms with Gasteiger partial charge < -0.3 is 25.7 Å². The van der Waals surface area contributed by atoms with Gasteiger partial charge in [-0.3, -0.25) is 14.4 Å². The van der Waals surface area contributed by atoms with E-state index in [1.54, 1.807) is 12.3 Å². The van der Waals surface area contributed by atoms with E-state index in [4.69, 9.17) is 5.11 Å². The molecule has 0 aliphatic heterocycles. The van der Waals surface area contributed by atoms with E-state index < -0.39 is 18.4 Å². The van der Waals surface area contributed by atoms with Crippen LogP contribution in [0.2, 0.25) is 0 Å². The van der Waals surface area contributed by atoms with Gasteiger partial charge in [0.25, 0.3) is 11.8 Å². The van der Waals surface area contributed by atoms with Crippen molar-refractivity contribution in [2.45, 2.75) is 0 Å². The number of carbonyl (C=O) groups is 3. The minimum absolute atomic E-state index is 0.152. The fourth-order valence-corrected chi connectivity index (χ4v) is 1.89. The molecule has 0 aliphatic rings. The maximum Gasteiger partial charge on any atom is 0.322 e. The van der Waals surface area contributed by atoms with Crippen molar-refractivity contribution in [1.29, 1.82) is 0 Å². The number of aliphatic carboxylic acids is 1. The van der Waals surface area contributed by atoms with Gasteiger partial charge in [-0.15, -0.1) is 0 Å². The first-order chi connectivity index (χ1) is 9.95. The highest BCUT2D eigenvalue weighted by atomic mass is 79.9. The number of aromatic amines is 2. The predicted octanol–water partition coefficient (Wildman–Crippen LogP) is 1.17. The van der Waals surface area contributed by atoms with Crippen molar-refractivity contribution in [3.8, 4) is 0 Å². The first kappa shape index (κ1) is 14.9. The third-order valence-corrected chi connectivity index (χ3v) is 2.94. The number of carboxylic acids is 1. The van der Waals surface area contributed by atoms with E-state index in [9.17, 15) is 14.4 Å². The Morgan fingerprint density at radius 1 is 1.10 bits per heavy atom. The molecule has 8 nitrogen and oxygen atoms in total. The second-order valence-electron chi connectivity index (χ2n) is 4.06. The Bertz CT molecular complexity index is 691. The van der Waals surface area contributed by atoms with Crippen LogP contribution >= 0.6 is 15.9 Å². The summed E-state index contributed by atoms with van der Waals surface area (Å²) in [6.07, 6.45) is 3.06. The molecule has 0 aromatic carbocycles. The van der Waals surface area contributed by atoms with Gasteiger partial charge in [-0.05, 0) is 28.1 Å². The van der Waals surface area contributed by atoms with E-state index in [2.05, 4.69) is 36.5 Å². The van der Waals surface area contributed by atoms with Crippen molar-refractivity contribution >= 4 is 39.4 Å². The zero-order valence-electron chi connectivity index (χ0n) is 10.6. The lowest BCUT2D eigenvalue weighted by Gasteiger charge is -2.00. The van der Waals surface area contributed by atoms with Gasteiger partial charge in [-0.25, -0.2) is 0 Å². The minimum atomic E-state index is -1.14. The maximum absolute atomic E-state index is 11.9. The van der Waals surface area contributed by atoms with Crippen molar-refractivity contribution in [2.24, 2.45) is 0 Å². The number of rotatable bonds is 5. The van der Waals surface area contributed by atoms with Gasteiger partial charge in [-0.1, -0.05) is 0 Å². The standard InChI is InChI=1S/C12H11BrN4O4/c13-6-1-8(14-3-6)12(21)17-7-2-9(15-4-7)11(20)16-5-10(18)19/h1-4,14-15H,5H2,(H,16,20)(H,17,21)(H,18,19). The van der Waals surface area contributed by atoms with Gasteiger partial charge in [0.15, 0.2) is 0 Å². The quantitative estimate of drug-likeness (QED) is 0.552. The SMILES string of the molecule is O=C(O)CNC(=O)c1cc(NC(=O)c2cc(Br)c[nH]2)c[nH]1. The van der Waals surface area contributed by atoms with Crippen molar-refractivity contribution in [3.63, 3.8) is 0 Å². The number of hydrogen-bond donors (Lipinski definition) is 5. The molecule has 0 atom stereocenters. The summed E-state index contributed by atoms with van der Waals surface area (Å²) in [6, 6.07) is 3.02. The number of nitrogens with one attached hydrogen (secondary N) is 4. The first-order valence-corrected chi connectivity index (χ1v) is 6.58. The van der Waals surface area contributed by atoms with Crippen LogP contribution in [0, 0.1) is 0 Å². The lowest BCUT2D eigenvalue weighted by Crippen LogP contribution is -2.29. The molecule has 0 radical (unpaired) electrons. The topological polar surface area (TPSA) is 127 Å². The molecule has 2 heterocycles. The molecule has 2 amide bonds. The molecular formula is C12H11BrN4O4. The minimum Gasteiger partial charge on any atom is -0.480 e. The highest BCUT2D eigenvalue weighted by molar-refractivity contribution is 9.10. The van der Waals surface area contributed by atoms with Crippen molar-refractivity contribution in [3.05, 3.63) is 40.4 Å². The molecule has 0 spiro atoms. The molecule has 0 bridgehead atoms. The summed E-state index contributed by atoms with van der Waals surface area (Å²) in [5.74, 6) is -2.07. The van der Waals surface area contributed by atoms with Crippen LogP contribution in [0.15, 0.2) is 29.0 Å². The van der Waals surface area contributed by atoms with Gasteiger partial charge in [-0.2, -0.15) is 0 Å². The molecule has 5 N–H and O–H groups in total. The van der Waals surface area contributed by atoms with E-state index in [0.717, 1.165) is 4.47 Å². The first-order valence-electron chi connectivity index (χ1n) is 5.79. The molecule has 2 aromatic rings. The predicted molar refractivity (Wildman–Crippen MR) is 77.2 cm³/mol. The maximum atomic E-state index is 11.9.